The lowest BCUT2D eigenvalue weighted by molar-refractivity contribution is 0.176. The highest BCUT2D eigenvalue weighted by Gasteiger charge is 2.50. The molecule has 0 radical (unpaired) electrons. The normalized spacial score (nSPS) is 25.2. The van der Waals surface area contributed by atoms with Crippen LogP contribution >= 0.6 is 0 Å². The van der Waals surface area contributed by atoms with Gasteiger partial charge in [0.15, 0.2) is 5.65 Å². The van der Waals surface area contributed by atoms with Crippen molar-refractivity contribution >= 4 is 11.6 Å². The number of piperidine rings is 1. The summed E-state index contributed by atoms with van der Waals surface area (Å²) < 4.78 is 8.58. The molecule has 3 aromatic rings. The van der Waals surface area contributed by atoms with Crippen molar-refractivity contribution in [3.8, 4) is 5.75 Å². The van der Waals surface area contributed by atoms with E-state index in [1.807, 2.05) is 12.1 Å². The number of aromatic nitrogens is 3. The number of anilines is 1. The molecule has 2 aliphatic carbocycles. The molecular weight excluding hydrogens is 362 g/mol. The van der Waals surface area contributed by atoms with Gasteiger partial charge in [0.1, 0.15) is 11.9 Å². The third kappa shape index (κ3) is 2.81. The van der Waals surface area contributed by atoms with Gasteiger partial charge in [0, 0.05) is 18.1 Å². The van der Waals surface area contributed by atoms with Gasteiger partial charge in [-0.1, -0.05) is 24.3 Å². The predicted octanol–water partition coefficient (Wildman–Crippen LogP) is 4.17. The molecule has 3 aliphatic rings. The van der Waals surface area contributed by atoms with E-state index >= 15 is 0 Å². The van der Waals surface area contributed by atoms with Gasteiger partial charge in [-0.15, -0.1) is 10.2 Å². The Morgan fingerprint density at radius 3 is 2.69 bits per heavy atom. The van der Waals surface area contributed by atoms with Crippen molar-refractivity contribution in [1.29, 1.82) is 0 Å². The SMILES string of the molecule is N[C@H]1CC[C@@H](Oc2ccc3nnc(N4CCCCC45CC5)n3c2)c2ccccc21. The Balaban J connectivity index is 1.33. The molecule has 2 atom stereocenters. The van der Waals surface area contributed by atoms with E-state index in [9.17, 15) is 0 Å². The predicted molar refractivity (Wildman–Crippen MR) is 112 cm³/mol. The second-order valence-electron chi connectivity index (χ2n) is 8.85. The summed E-state index contributed by atoms with van der Waals surface area (Å²) in [5.74, 6) is 1.82. The standard InChI is InChI=1S/C23H27N5O/c24-19-8-9-20(18-6-2-1-5-17(18)19)29-16-7-10-21-25-26-22(27(21)15-16)28-14-4-3-11-23(28)12-13-23/h1-2,5-7,10,15,19-20H,3-4,8-9,11-14,24H2/t19-,20+/m0/s1. The monoisotopic (exact) mass is 389 g/mol. The van der Waals surface area contributed by atoms with Crippen molar-refractivity contribution in [1.82, 2.24) is 14.6 Å². The van der Waals surface area contributed by atoms with Crippen LogP contribution in [-0.4, -0.2) is 26.7 Å². The van der Waals surface area contributed by atoms with Crippen LogP contribution in [0.3, 0.4) is 0 Å². The highest BCUT2D eigenvalue weighted by Crippen LogP contribution is 2.49. The van der Waals surface area contributed by atoms with E-state index in [2.05, 4.69) is 50.0 Å². The van der Waals surface area contributed by atoms with Crippen LogP contribution < -0.4 is 15.4 Å². The summed E-state index contributed by atoms with van der Waals surface area (Å²) in [5, 5.41) is 8.98. The molecule has 1 spiro atoms. The van der Waals surface area contributed by atoms with Crippen molar-refractivity contribution in [2.24, 2.45) is 5.73 Å². The highest BCUT2D eigenvalue weighted by molar-refractivity contribution is 5.51. The second kappa shape index (κ2) is 6.46. The van der Waals surface area contributed by atoms with E-state index in [0.717, 1.165) is 36.7 Å². The van der Waals surface area contributed by atoms with E-state index in [1.54, 1.807) is 0 Å². The van der Waals surface area contributed by atoms with E-state index in [1.165, 1.54) is 43.2 Å². The first-order valence-corrected chi connectivity index (χ1v) is 10.9. The van der Waals surface area contributed by atoms with E-state index < -0.39 is 0 Å². The first kappa shape index (κ1) is 17.3. The minimum Gasteiger partial charge on any atom is -0.484 e. The molecule has 2 N–H and O–H groups in total. The Bertz CT molecular complexity index is 1060. The topological polar surface area (TPSA) is 68.7 Å². The molecule has 2 aromatic heterocycles. The number of nitrogens with two attached hydrogens (primary N) is 1. The summed E-state index contributed by atoms with van der Waals surface area (Å²) in [4.78, 5) is 2.50. The Kier molecular flexibility index (Phi) is 3.85. The maximum Gasteiger partial charge on any atom is 0.232 e. The Morgan fingerprint density at radius 1 is 0.966 bits per heavy atom. The van der Waals surface area contributed by atoms with Crippen LogP contribution in [0.25, 0.3) is 5.65 Å². The molecule has 1 aliphatic heterocycles. The van der Waals surface area contributed by atoms with Gasteiger partial charge < -0.3 is 15.4 Å². The minimum absolute atomic E-state index is 0.0353. The average Bonchev–Trinajstić information content (AvgIpc) is 3.39. The number of benzene rings is 1. The number of hydrogen-bond acceptors (Lipinski definition) is 5. The van der Waals surface area contributed by atoms with Crippen LogP contribution in [0.15, 0.2) is 42.6 Å². The van der Waals surface area contributed by atoms with E-state index in [-0.39, 0.29) is 12.1 Å². The van der Waals surface area contributed by atoms with Gasteiger partial charge in [-0.25, -0.2) is 0 Å². The molecule has 29 heavy (non-hydrogen) atoms. The zero-order chi connectivity index (χ0) is 19.4. The van der Waals surface area contributed by atoms with Gasteiger partial charge in [-0.2, -0.15) is 0 Å². The van der Waals surface area contributed by atoms with E-state index in [4.69, 9.17) is 10.5 Å². The van der Waals surface area contributed by atoms with Crippen LogP contribution in [-0.2, 0) is 0 Å². The van der Waals surface area contributed by atoms with Crippen molar-refractivity contribution in [3.05, 3.63) is 53.7 Å². The second-order valence-corrected chi connectivity index (χ2v) is 8.85. The molecule has 0 amide bonds. The summed E-state index contributed by atoms with van der Waals surface area (Å²) in [6, 6.07) is 12.5. The van der Waals surface area contributed by atoms with Crippen molar-refractivity contribution in [2.75, 3.05) is 11.4 Å². The van der Waals surface area contributed by atoms with Crippen molar-refractivity contribution in [2.45, 2.75) is 62.6 Å². The van der Waals surface area contributed by atoms with Gasteiger partial charge in [0.25, 0.3) is 0 Å². The number of rotatable bonds is 3. The molecule has 6 heteroatoms. The largest absolute Gasteiger partial charge is 0.484 e. The van der Waals surface area contributed by atoms with Gasteiger partial charge in [-0.05, 0) is 68.2 Å². The van der Waals surface area contributed by atoms with Crippen LogP contribution in [0.1, 0.15) is 68.2 Å². The fraction of sp³-hybridized carbons (Fsp3) is 0.478. The zero-order valence-electron chi connectivity index (χ0n) is 16.6. The summed E-state index contributed by atoms with van der Waals surface area (Å²) in [6.45, 7) is 1.07. The fourth-order valence-electron chi connectivity index (χ4n) is 5.26. The molecule has 6 rings (SSSR count). The number of hydrogen-bond donors (Lipinski definition) is 1. The number of ether oxygens (including phenoxy) is 1. The summed E-state index contributed by atoms with van der Waals surface area (Å²) >= 11 is 0. The molecule has 0 bridgehead atoms. The average molecular weight is 390 g/mol. The first-order chi connectivity index (χ1) is 14.2. The third-order valence-electron chi connectivity index (χ3n) is 7.03. The van der Waals surface area contributed by atoms with Crippen LogP contribution in [0.5, 0.6) is 5.75 Å². The Morgan fingerprint density at radius 2 is 1.83 bits per heavy atom. The lowest BCUT2D eigenvalue weighted by Gasteiger charge is -2.36. The lowest BCUT2D eigenvalue weighted by atomic mass is 9.86. The zero-order valence-corrected chi connectivity index (χ0v) is 16.6. The Hall–Kier alpha value is -2.60. The molecule has 0 unspecified atom stereocenters. The summed E-state index contributed by atoms with van der Waals surface area (Å²) in [6.07, 6.45) is 10.3. The Labute approximate surface area is 170 Å². The molecule has 6 nitrogen and oxygen atoms in total. The molecule has 150 valence electrons. The number of fused-ring (bicyclic) bond motifs is 2. The summed E-state index contributed by atoms with van der Waals surface area (Å²) in [7, 11) is 0. The highest BCUT2D eigenvalue weighted by atomic mass is 16.5. The molecule has 2 fully saturated rings. The van der Waals surface area contributed by atoms with E-state index in [0.29, 0.717) is 5.54 Å². The first-order valence-electron chi connectivity index (χ1n) is 10.9. The van der Waals surface area contributed by atoms with Gasteiger partial charge in [-0.3, -0.25) is 4.40 Å². The van der Waals surface area contributed by atoms with Crippen LogP contribution in [0.2, 0.25) is 0 Å². The fourth-order valence-corrected chi connectivity index (χ4v) is 5.26. The van der Waals surface area contributed by atoms with Crippen molar-refractivity contribution < 1.29 is 4.74 Å². The number of pyridine rings is 1. The summed E-state index contributed by atoms with van der Waals surface area (Å²) in [5.41, 5.74) is 9.94. The molecule has 1 saturated heterocycles. The molecule has 1 saturated carbocycles. The van der Waals surface area contributed by atoms with Crippen molar-refractivity contribution in [3.63, 3.8) is 0 Å². The molecule has 1 aromatic carbocycles. The van der Waals surface area contributed by atoms with Gasteiger partial charge >= 0.3 is 0 Å². The number of nitrogens with zero attached hydrogens (tertiary/aromatic N) is 4. The molecular formula is C23H27N5O. The van der Waals surface area contributed by atoms with Gasteiger partial charge in [0.2, 0.25) is 5.95 Å². The van der Waals surface area contributed by atoms with Crippen LogP contribution in [0, 0.1) is 0 Å². The lowest BCUT2D eigenvalue weighted by Crippen LogP contribution is -2.42. The van der Waals surface area contributed by atoms with Gasteiger partial charge in [0.05, 0.1) is 6.20 Å². The molecule has 3 heterocycles. The maximum absolute atomic E-state index is 6.47. The minimum atomic E-state index is 0.0353. The van der Waals surface area contributed by atoms with Crippen LogP contribution in [0.4, 0.5) is 5.95 Å². The maximum atomic E-state index is 6.47. The quantitative estimate of drug-likeness (QED) is 0.728. The smallest absolute Gasteiger partial charge is 0.232 e. The third-order valence-corrected chi connectivity index (χ3v) is 7.03.